The fourth-order valence-corrected chi connectivity index (χ4v) is 6.47. The van der Waals surface area contributed by atoms with Crippen molar-refractivity contribution in [2.75, 3.05) is 19.5 Å². The number of nitrogens with one attached hydrogen (secondary N) is 1. The minimum absolute atomic E-state index is 0.00798. The van der Waals surface area contributed by atoms with Crippen LogP contribution in [-0.2, 0) is 36.3 Å². The van der Waals surface area contributed by atoms with Crippen LogP contribution in [0.2, 0.25) is 0 Å². The highest BCUT2D eigenvalue weighted by atomic mass is 31.3. The van der Waals surface area contributed by atoms with E-state index in [2.05, 4.69) is 38.1 Å². The lowest BCUT2D eigenvalue weighted by Gasteiger charge is -2.31. The third kappa shape index (κ3) is 6.08. The van der Waals surface area contributed by atoms with Crippen molar-refractivity contribution in [1.29, 1.82) is 0 Å². The van der Waals surface area contributed by atoms with E-state index in [1.165, 1.54) is 6.21 Å². The number of nitrogens with two attached hydrogens (primary N) is 1. The monoisotopic (exact) mass is 577 g/mol. The molecule has 1 fully saturated rings. The van der Waals surface area contributed by atoms with Crippen molar-refractivity contribution in [3.63, 3.8) is 0 Å². The van der Waals surface area contributed by atoms with Crippen LogP contribution in [0.1, 0.15) is 11.6 Å². The molecule has 7 atom stereocenters. The number of hydrogen-bond acceptors (Lipinski definition) is 14. The highest BCUT2D eigenvalue weighted by Gasteiger charge is 2.59. The van der Waals surface area contributed by atoms with Crippen LogP contribution in [0.15, 0.2) is 14.9 Å². The van der Waals surface area contributed by atoms with Crippen molar-refractivity contribution in [2.45, 2.75) is 30.0 Å². The number of hydrogen-bond donors (Lipinski definition) is 7. The van der Waals surface area contributed by atoms with Crippen LogP contribution >= 0.6 is 23.5 Å². The fourth-order valence-electron chi connectivity index (χ4n) is 3.43. The first-order valence-corrected chi connectivity index (χ1v) is 13.7. The van der Waals surface area contributed by atoms with Gasteiger partial charge < -0.3 is 39.9 Å². The molecule has 0 bridgehead atoms. The Bertz CT molecular complexity index is 1310. The molecule has 36 heavy (non-hydrogen) atoms. The summed E-state index contributed by atoms with van der Waals surface area (Å²) >= 11 is 0. The average molecular weight is 577 g/mol. The van der Waals surface area contributed by atoms with Gasteiger partial charge in [0, 0.05) is 18.2 Å². The molecule has 2 aliphatic rings. The Labute approximate surface area is 198 Å². The highest BCUT2D eigenvalue weighted by molar-refractivity contribution is 7.66. The largest absolute Gasteiger partial charge is 0.490 e. The first-order chi connectivity index (χ1) is 16.5. The number of rotatable bonds is 10. The van der Waals surface area contributed by atoms with Crippen LogP contribution in [0, 0.1) is 0 Å². The summed E-state index contributed by atoms with van der Waals surface area (Å²) in [6.45, 7) is -1.23. The van der Waals surface area contributed by atoms with Gasteiger partial charge in [-0.15, -0.1) is 0 Å². The molecule has 1 saturated heterocycles. The number of aliphatic hydroxyl groups is 1. The molecule has 8 N–H and O–H groups in total. The number of fused-ring (bicyclic) bond motifs is 1. The molecule has 4 unspecified atom stereocenters. The van der Waals surface area contributed by atoms with E-state index in [4.69, 9.17) is 30.5 Å². The van der Waals surface area contributed by atoms with Gasteiger partial charge >= 0.3 is 23.5 Å². The number of nitrogen functional groups attached to an aromatic ring is 1. The zero-order chi connectivity index (χ0) is 27.1. The predicted octanol–water partition coefficient (Wildman–Crippen LogP) is -0.724. The van der Waals surface area contributed by atoms with E-state index in [0.29, 0.717) is 0 Å². The molecule has 1 aromatic rings. The lowest BCUT2D eigenvalue weighted by Crippen LogP contribution is -2.48. The summed E-state index contributed by atoms with van der Waals surface area (Å²) in [6, 6.07) is -1.50. The van der Waals surface area contributed by atoms with E-state index in [1.54, 1.807) is 0 Å². The molecule has 3 heterocycles. The molecule has 0 amide bonds. The number of H-pyrrole nitrogens is 1. The summed E-state index contributed by atoms with van der Waals surface area (Å²) in [6.07, 6.45) is -2.09. The van der Waals surface area contributed by atoms with Gasteiger partial charge in [0.05, 0.1) is 23.8 Å². The normalized spacial score (nSPS) is 30.8. The van der Waals surface area contributed by atoms with Crippen LogP contribution < -0.4 is 11.3 Å². The maximum absolute atomic E-state index is 12.1. The van der Waals surface area contributed by atoms with Crippen LogP contribution in [0.3, 0.4) is 0 Å². The van der Waals surface area contributed by atoms with E-state index in [9.17, 15) is 33.4 Å². The molecular formula is C12H18N7O14P3. The van der Waals surface area contributed by atoms with E-state index >= 15 is 0 Å². The van der Waals surface area contributed by atoms with Gasteiger partial charge in [0.25, 0.3) is 5.56 Å². The average Bonchev–Trinajstić information content (AvgIpc) is 3.24. The number of phosphoric acid groups is 3. The van der Waals surface area contributed by atoms with Crippen molar-refractivity contribution in [3.8, 4) is 0 Å². The van der Waals surface area contributed by atoms with Crippen molar-refractivity contribution in [3.05, 3.63) is 26.5 Å². The van der Waals surface area contributed by atoms with Crippen LogP contribution in [0.4, 0.5) is 11.6 Å². The maximum atomic E-state index is 12.1. The highest BCUT2D eigenvalue weighted by Crippen LogP contribution is 2.66. The van der Waals surface area contributed by atoms with Crippen molar-refractivity contribution >= 4 is 41.3 Å². The van der Waals surface area contributed by atoms with Crippen molar-refractivity contribution in [2.24, 2.45) is 10.1 Å². The molecule has 1 aromatic heterocycles. The smallest absolute Gasteiger partial charge is 0.387 e. The SMILES string of the molecule is CO[C@]1(COP(=O)(O)OP(=O)(O)OP(=O)(O)O)O[C@@H](C2C=Nc3c2nc(N)[nH]c3=O)C(N=[N+]=[N-])[C@@H]1O. The molecule has 21 nitrogen and oxygen atoms in total. The number of nitrogens with zero attached hydrogens (tertiary/aromatic N) is 5. The zero-order valence-electron chi connectivity index (χ0n) is 17.7. The van der Waals surface area contributed by atoms with Gasteiger partial charge in [-0.05, 0) is 5.53 Å². The summed E-state index contributed by atoms with van der Waals surface area (Å²) in [5.74, 6) is -3.71. The summed E-state index contributed by atoms with van der Waals surface area (Å²) in [5, 5.41) is 14.2. The number of aliphatic imine (C=N–C) groups is 1. The first kappa shape index (κ1) is 28.5. The van der Waals surface area contributed by atoms with E-state index < -0.39 is 65.6 Å². The lowest BCUT2D eigenvalue weighted by atomic mass is 9.92. The summed E-state index contributed by atoms with van der Waals surface area (Å²) in [4.78, 5) is 61.0. The molecule has 0 radical (unpaired) electrons. The Balaban J connectivity index is 1.87. The standard InChI is InChI=1S/C12H18N7O14P3/c1-29-12(3-30-35(25,26)33-36(27,28)32-34(22,23)24)9(20)7(18-19-14)8(31-12)4-2-15-6-5(4)16-11(13)17-10(6)21/h2,4,7-9,20H,3H2,1H3,(H,25,26)(H,27,28)(H2,22,23,24)(H3,13,16,17,21)/t4?,7?,8-,9-,12+/m0/s1. The van der Waals surface area contributed by atoms with Gasteiger partial charge in [-0.2, -0.15) is 8.62 Å². The number of aromatic nitrogens is 2. The minimum Gasteiger partial charge on any atom is -0.387 e. The lowest BCUT2D eigenvalue weighted by molar-refractivity contribution is -0.259. The van der Waals surface area contributed by atoms with Crippen molar-refractivity contribution < 1.29 is 61.0 Å². The van der Waals surface area contributed by atoms with E-state index in [1.807, 2.05) is 0 Å². The van der Waals surface area contributed by atoms with Crippen LogP contribution in [-0.4, -0.2) is 78.6 Å². The second-order valence-corrected chi connectivity index (χ2v) is 11.5. The number of phosphoric ester groups is 1. The minimum atomic E-state index is -5.82. The molecule has 2 aliphatic heterocycles. The first-order valence-electron chi connectivity index (χ1n) is 9.20. The molecule has 0 aromatic carbocycles. The molecule has 200 valence electrons. The Kier molecular flexibility index (Phi) is 7.93. The summed E-state index contributed by atoms with van der Waals surface area (Å²) in [7, 11) is -16.1. The zero-order valence-corrected chi connectivity index (χ0v) is 20.3. The second-order valence-electron chi connectivity index (χ2n) is 7.09. The van der Waals surface area contributed by atoms with E-state index in [-0.39, 0.29) is 17.3 Å². The quantitative estimate of drug-likeness (QED) is 0.0780. The molecular weight excluding hydrogens is 559 g/mol. The Morgan fingerprint density at radius 1 is 1.28 bits per heavy atom. The Morgan fingerprint density at radius 2 is 1.94 bits per heavy atom. The third-order valence-corrected chi connectivity index (χ3v) is 8.58. The summed E-state index contributed by atoms with van der Waals surface area (Å²) in [5.41, 5.74) is 13.7. The molecule has 0 aliphatic carbocycles. The Hall–Kier alpha value is -2.05. The molecule has 0 saturated carbocycles. The van der Waals surface area contributed by atoms with Crippen molar-refractivity contribution in [1.82, 2.24) is 9.97 Å². The Morgan fingerprint density at radius 3 is 2.53 bits per heavy atom. The van der Waals surface area contributed by atoms with Crippen LogP contribution in [0.5, 0.6) is 0 Å². The summed E-state index contributed by atoms with van der Waals surface area (Å²) < 4.78 is 56.9. The molecule has 24 heteroatoms. The number of aromatic amines is 1. The van der Waals surface area contributed by atoms with Gasteiger partial charge in [0.15, 0.2) is 5.69 Å². The van der Waals surface area contributed by atoms with Gasteiger partial charge in [0.1, 0.15) is 12.7 Å². The third-order valence-electron chi connectivity index (χ3n) is 4.80. The molecule has 3 rings (SSSR count). The fraction of sp³-hybridized carbons (Fsp3) is 0.583. The number of anilines is 1. The number of aliphatic hydroxyl groups excluding tert-OH is 1. The van der Waals surface area contributed by atoms with Gasteiger partial charge in [-0.1, -0.05) is 5.11 Å². The number of methoxy groups -OCH3 is 1. The maximum Gasteiger partial charge on any atom is 0.490 e. The van der Waals surface area contributed by atoms with E-state index in [0.717, 1.165) is 7.11 Å². The number of azide groups is 1. The topological polar surface area (TPSA) is 331 Å². The second kappa shape index (κ2) is 10.0. The van der Waals surface area contributed by atoms with Gasteiger partial charge in [0.2, 0.25) is 11.7 Å². The predicted molar refractivity (Wildman–Crippen MR) is 114 cm³/mol. The van der Waals surface area contributed by atoms with Crippen LogP contribution in [0.25, 0.3) is 10.4 Å². The number of ether oxygens (including phenoxy) is 2. The van der Waals surface area contributed by atoms with Gasteiger partial charge in [-0.3, -0.25) is 19.3 Å². The van der Waals surface area contributed by atoms with Gasteiger partial charge in [-0.25, -0.2) is 18.7 Å². The molecule has 0 spiro atoms.